The molecule has 2 aromatic rings. The van der Waals surface area contributed by atoms with Crippen LogP contribution in [0.15, 0.2) is 54.6 Å². The molecule has 0 atom stereocenters. The quantitative estimate of drug-likeness (QED) is 0.365. The fourth-order valence-corrected chi connectivity index (χ4v) is 3.82. The fraction of sp³-hybridized carbons (Fsp3) is 0.588. The van der Waals surface area contributed by atoms with E-state index in [4.69, 9.17) is 0 Å². The third-order valence-corrected chi connectivity index (χ3v) is 8.34. The number of fused-ring (bicyclic) bond motifs is 1. The van der Waals surface area contributed by atoms with Crippen LogP contribution in [0.4, 0.5) is 0 Å². The van der Waals surface area contributed by atoms with Crippen molar-refractivity contribution in [2.75, 3.05) is 34.4 Å². The normalized spacial score (nSPS) is 12.2. The summed E-state index contributed by atoms with van der Waals surface area (Å²) in [5.41, 5.74) is 7.28. The second-order valence-electron chi connectivity index (χ2n) is 9.68. The molecule has 0 unspecified atom stereocenters. The molecule has 0 amide bonds. The van der Waals surface area contributed by atoms with Gasteiger partial charge in [0.15, 0.2) is 0 Å². The van der Waals surface area contributed by atoms with Crippen LogP contribution in [0.3, 0.4) is 0 Å². The minimum atomic E-state index is -2.91. The van der Waals surface area contributed by atoms with Crippen LogP contribution in [0.5, 0.6) is 0 Å². The molecular weight excluding hydrogens is 500 g/mol. The molecule has 0 radical (unpaired) electrons. The molecule has 2 aromatic carbocycles. The van der Waals surface area contributed by atoms with Crippen LogP contribution in [0.25, 0.3) is 11.1 Å². The van der Waals surface area contributed by atoms with E-state index in [1.54, 1.807) is 0 Å². The van der Waals surface area contributed by atoms with E-state index >= 15 is 0 Å². The van der Waals surface area contributed by atoms with E-state index < -0.39 is 10.0 Å². The van der Waals surface area contributed by atoms with Crippen molar-refractivity contribution in [3.05, 3.63) is 71.3 Å². The summed E-state index contributed by atoms with van der Waals surface area (Å²) < 4.78 is 21.7. The Morgan fingerprint density at radius 2 is 1.05 bits per heavy atom. The van der Waals surface area contributed by atoms with Crippen LogP contribution in [0, 0.1) is 5.41 Å². The van der Waals surface area contributed by atoms with Gasteiger partial charge in [-0.2, -0.15) is 0 Å². The summed E-state index contributed by atoms with van der Waals surface area (Å²) in [5, 5.41) is 0. The molecule has 1 aliphatic rings. The van der Waals surface area contributed by atoms with Gasteiger partial charge in [-0.25, -0.2) is 12.7 Å². The van der Waals surface area contributed by atoms with E-state index in [2.05, 4.69) is 101 Å². The van der Waals surface area contributed by atoms with Gasteiger partial charge in [0.1, 0.15) is 0 Å². The van der Waals surface area contributed by atoms with Crippen molar-refractivity contribution in [3.8, 4) is 0 Å². The second kappa shape index (κ2) is 20.0. The van der Waals surface area contributed by atoms with Gasteiger partial charge in [-0.05, 0) is 62.2 Å². The topological polar surface area (TPSA) is 40.6 Å². The van der Waals surface area contributed by atoms with E-state index in [0.29, 0.717) is 0 Å². The lowest BCUT2D eigenvalue weighted by Crippen LogP contribution is -2.51. The first-order chi connectivity index (χ1) is 18.2. The van der Waals surface area contributed by atoms with Gasteiger partial charge in [0, 0.05) is 25.0 Å². The maximum absolute atomic E-state index is 10.3. The third-order valence-electron chi connectivity index (χ3n) is 7.01. The van der Waals surface area contributed by atoms with Crippen LogP contribution in [0.1, 0.15) is 99.8 Å². The minimum absolute atomic E-state index is 0.0221. The van der Waals surface area contributed by atoms with Crippen molar-refractivity contribution < 1.29 is 8.42 Å². The van der Waals surface area contributed by atoms with Crippen LogP contribution < -0.4 is 0 Å². The highest BCUT2D eigenvalue weighted by molar-refractivity contribution is 7.88. The summed E-state index contributed by atoms with van der Waals surface area (Å²) in [6.45, 7) is 25.5. The SMILES string of the molecule is CC.CC.CC.CC.CN(C)C(C)(C)C(C)(C)C1=C(c2ccccc2)Cc2ccccc21.CN(C)S(C)(=O)=O. The fourth-order valence-electron chi connectivity index (χ4n) is 3.82. The molecule has 4 nitrogen and oxygen atoms in total. The number of benzene rings is 2. The Labute approximate surface area is 244 Å². The second-order valence-corrected chi connectivity index (χ2v) is 11.9. The summed E-state index contributed by atoms with van der Waals surface area (Å²) in [4.78, 5) is 2.35. The van der Waals surface area contributed by atoms with Crippen molar-refractivity contribution >= 4 is 21.2 Å². The monoisotopic (exact) mass is 562 g/mol. The molecule has 0 saturated heterocycles. The minimum Gasteiger partial charge on any atom is -0.303 e. The molecule has 0 saturated carbocycles. The van der Waals surface area contributed by atoms with Crippen LogP contribution in [0.2, 0.25) is 0 Å². The molecule has 0 heterocycles. The number of allylic oxidation sites excluding steroid dienone is 1. The van der Waals surface area contributed by atoms with Crippen LogP contribution >= 0.6 is 0 Å². The molecule has 3 rings (SSSR count). The Kier molecular flexibility index (Phi) is 21.3. The van der Waals surface area contributed by atoms with Gasteiger partial charge in [0.25, 0.3) is 0 Å². The summed E-state index contributed by atoms with van der Waals surface area (Å²) in [5.74, 6) is 0. The summed E-state index contributed by atoms with van der Waals surface area (Å²) in [7, 11) is 4.46. The third kappa shape index (κ3) is 11.6. The molecule has 0 spiro atoms. The molecule has 0 aromatic heterocycles. The van der Waals surface area contributed by atoms with Crippen molar-refractivity contribution in [1.29, 1.82) is 0 Å². The Bertz CT molecular complexity index is 1040. The van der Waals surface area contributed by atoms with Crippen LogP contribution in [-0.4, -0.2) is 57.6 Å². The molecule has 0 bridgehead atoms. The van der Waals surface area contributed by atoms with E-state index in [-0.39, 0.29) is 11.0 Å². The first-order valence-corrected chi connectivity index (χ1v) is 16.5. The maximum atomic E-state index is 10.3. The van der Waals surface area contributed by atoms with Crippen molar-refractivity contribution in [2.24, 2.45) is 5.41 Å². The molecular formula is C34H62N2O2S. The first kappa shape index (κ1) is 41.5. The van der Waals surface area contributed by atoms with Crippen molar-refractivity contribution in [1.82, 2.24) is 9.21 Å². The highest BCUT2D eigenvalue weighted by Gasteiger charge is 2.45. The Morgan fingerprint density at radius 1 is 0.667 bits per heavy atom. The predicted octanol–water partition coefficient (Wildman–Crippen LogP) is 9.13. The number of sulfonamides is 1. The molecule has 0 aliphatic heterocycles. The van der Waals surface area contributed by atoms with E-state index in [0.717, 1.165) is 17.0 Å². The van der Waals surface area contributed by atoms with Gasteiger partial charge in [-0.15, -0.1) is 0 Å². The Hall–Kier alpha value is -1.95. The van der Waals surface area contributed by atoms with E-state index in [1.807, 2.05) is 55.4 Å². The number of nitrogens with zero attached hydrogens (tertiary/aromatic N) is 2. The summed E-state index contributed by atoms with van der Waals surface area (Å²) >= 11 is 0. The molecule has 0 N–H and O–H groups in total. The number of hydrogen-bond acceptors (Lipinski definition) is 3. The zero-order valence-electron chi connectivity index (χ0n) is 28.5. The van der Waals surface area contributed by atoms with Gasteiger partial charge in [0.2, 0.25) is 10.0 Å². The first-order valence-electron chi connectivity index (χ1n) is 14.6. The van der Waals surface area contributed by atoms with Crippen molar-refractivity contribution in [2.45, 2.75) is 95.0 Å². The van der Waals surface area contributed by atoms with Crippen molar-refractivity contribution in [3.63, 3.8) is 0 Å². The van der Waals surface area contributed by atoms with Gasteiger partial charge >= 0.3 is 0 Å². The lowest BCUT2D eigenvalue weighted by atomic mass is 9.66. The Balaban J connectivity index is -0.000000730. The van der Waals surface area contributed by atoms with Crippen LogP contribution in [-0.2, 0) is 16.4 Å². The lowest BCUT2D eigenvalue weighted by Gasteiger charge is -2.48. The Morgan fingerprint density at radius 3 is 1.44 bits per heavy atom. The van der Waals surface area contributed by atoms with Gasteiger partial charge in [0.05, 0.1) is 6.26 Å². The summed E-state index contributed by atoms with van der Waals surface area (Å²) in [6, 6.07) is 19.8. The standard InChI is InChI=1S/C23H29N.C3H9NO2S.4C2H6/c1-22(2,23(3,4)24(5)6)21-19-15-11-10-14-18(19)16-20(21)17-12-8-7-9-13-17;1-4(2)7(3,5)6;4*1-2/h7-15H,16H2,1-6H3;1-3H3;4*1-2H3. The molecule has 5 heteroatoms. The van der Waals surface area contributed by atoms with Gasteiger partial charge in [-0.1, -0.05) is 124 Å². The zero-order chi connectivity index (χ0) is 31.6. The highest BCUT2D eigenvalue weighted by Crippen LogP contribution is 2.53. The lowest BCUT2D eigenvalue weighted by molar-refractivity contribution is 0.0937. The average molecular weight is 563 g/mol. The smallest absolute Gasteiger partial charge is 0.210 e. The largest absolute Gasteiger partial charge is 0.303 e. The predicted molar refractivity (Wildman–Crippen MR) is 179 cm³/mol. The van der Waals surface area contributed by atoms with Gasteiger partial charge in [-0.3, -0.25) is 0 Å². The average Bonchev–Trinajstić information content (AvgIpc) is 3.34. The molecule has 39 heavy (non-hydrogen) atoms. The summed E-state index contributed by atoms with van der Waals surface area (Å²) in [6.07, 6.45) is 2.19. The zero-order valence-corrected chi connectivity index (χ0v) is 29.3. The molecule has 0 fully saturated rings. The maximum Gasteiger partial charge on any atom is 0.210 e. The van der Waals surface area contributed by atoms with E-state index in [1.165, 1.54) is 41.9 Å². The molecule has 1 aliphatic carbocycles. The number of rotatable bonds is 5. The van der Waals surface area contributed by atoms with E-state index in [9.17, 15) is 8.42 Å². The highest BCUT2D eigenvalue weighted by atomic mass is 32.2. The molecule has 226 valence electrons. The van der Waals surface area contributed by atoms with Gasteiger partial charge < -0.3 is 4.90 Å². The number of hydrogen-bond donors (Lipinski definition) is 0.